The molecular formula is C23H21ClN2O3. The Labute approximate surface area is 174 Å². The summed E-state index contributed by atoms with van der Waals surface area (Å²) < 4.78 is 5.92. The van der Waals surface area contributed by atoms with E-state index in [4.69, 9.17) is 16.3 Å². The van der Waals surface area contributed by atoms with Gasteiger partial charge in [0.05, 0.1) is 0 Å². The van der Waals surface area contributed by atoms with Crippen LogP contribution in [0.5, 0.6) is 5.75 Å². The fourth-order valence-corrected chi connectivity index (χ4v) is 2.93. The summed E-state index contributed by atoms with van der Waals surface area (Å²) in [6.07, 6.45) is 4.86. The van der Waals surface area contributed by atoms with E-state index in [-0.39, 0.29) is 18.3 Å². The van der Waals surface area contributed by atoms with Crippen LogP contribution in [-0.2, 0) is 4.79 Å². The SMILES string of the molecule is C=CCNC(=O)/C(=C/C1=Cc2ccccc2OC1C)NC(=O)c1ccc(Cl)cc1. The third-order valence-electron chi connectivity index (χ3n) is 4.33. The van der Waals surface area contributed by atoms with Crippen LogP contribution in [0.2, 0.25) is 5.02 Å². The van der Waals surface area contributed by atoms with E-state index in [2.05, 4.69) is 17.2 Å². The van der Waals surface area contributed by atoms with Crippen LogP contribution in [0, 0.1) is 0 Å². The van der Waals surface area contributed by atoms with E-state index >= 15 is 0 Å². The highest BCUT2D eigenvalue weighted by atomic mass is 35.5. The molecule has 0 saturated carbocycles. The molecule has 1 aliphatic heterocycles. The lowest BCUT2D eigenvalue weighted by Crippen LogP contribution is -2.35. The number of nitrogens with one attached hydrogen (secondary N) is 2. The molecule has 6 heteroatoms. The molecule has 29 heavy (non-hydrogen) atoms. The highest BCUT2D eigenvalue weighted by Gasteiger charge is 2.20. The van der Waals surface area contributed by atoms with Crippen LogP contribution < -0.4 is 15.4 Å². The van der Waals surface area contributed by atoms with Crippen LogP contribution in [0.1, 0.15) is 22.8 Å². The topological polar surface area (TPSA) is 67.4 Å². The second kappa shape index (κ2) is 9.26. The summed E-state index contributed by atoms with van der Waals surface area (Å²) >= 11 is 5.88. The van der Waals surface area contributed by atoms with Gasteiger partial charge >= 0.3 is 0 Å². The smallest absolute Gasteiger partial charge is 0.268 e. The Kier molecular flexibility index (Phi) is 6.52. The summed E-state index contributed by atoms with van der Waals surface area (Å²) in [5, 5.41) is 5.91. The standard InChI is InChI=1S/C23H21ClN2O3/c1-3-12-25-23(28)20(26-22(27)16-8-10-19(24)11-9-16)14-18-13-17-6-4-5-7-21(17)29-15(18)2/h3-11,13-15H,1,12H2,2H3,(H,25,28)(H,26,27)/b20-14-. The van der Waals surface area contributed by atoms with E-state index in [1.165, 1.54) is 0 Å². The van der Waals surface area contributed by atoms with Gasteiger partial charge in [0.25, 0.3) is 11.8 Å². The normalized spacial score (nSPS) is 15.4. The van der Waals surface area contributed by atoms with Gasteiger partial charge < -0.3 is 15.4 Å². The molecule has 2 aromatic carbocycles. The molecule has 0 radical (unpaired) electrons. The van der Waals surface area contributed by atoms with Crippen LogP contribution >= 0.6 is 11.6 Å². The average Bonchev–Trinajstić information content (AvgIpc) is 2.72. The Bertz CT molecular complexity index is 993. The molecular weight excluding hydrogens is 388 g/mol. The minimum absolute atomic E-state index is 0.118. The first kappa shape index (κ1) is 20.4. The molecule has 1 heterocycles. The number of benzene rings is 2. The van der Waals surface area contributed by atoms with Crippen LogP contribution in [0.25, 0.3) is 6.08 Å². The Morgan fingerprint density at radius 3 is 2.62 bits per heavy atom. The highest BCUT2D eigenvalue weighted by Crippen LogP contribution is 2.30. The number of rotatable bonds is 6. The van der Waals surface area contributed by atoms with Crippen molar-refractivity contribution >= 4 is 29.5 Å². The Morgan fingerprint density at radius 1 is 1.17 bits per heavy atom. The lowest BCUT2D eigenvalue weighted by atomic mass is 10.0. The number of hydrogen-bond donors (Lipinski definition) is 2. The van der Waals surface area contributed by atoms with Gasteiger partial charge in [0.15, 0.2) is 0 Å². The van der Waals surface area contributed by atoms with Crippen molar-refractivity contribution in [2.75, 3.05) is 6.54 Å². The van der Waals surface area contributed by atoms with E-state index in [0.717, 1.165) is 16.9 Å². The van der Waals surface area contributed by atoms with Crippen molar-refractivity contribution in [3.63, 3.8) is 0 Å². The molecule has 1 atom stereocenters. The number of hydrogen-bond acceptors (Lipinski definition) is 3. The van der Waals surface area contributed by atoms with Gasteiger partial charge in [-0.2, -0.15) is 0 Å². The number of para-hydroxylation sites is 1. The number of ether oxygens (including phenoxy) is 1. The number of amides is 2. The summed E-state index contributed by atoms with van der Waals surface area (Å²) in [6, 6.07) is 14.1. The Balaban J connectivity index is 1.91. The molecule has 5 nitrogen and oxygen atoms in total. The fraction of sp³-hybridized carbons (Fsp3) is 0.130. The first-order valence-corrected chi connectivity index (χ1v) is 9.50. The zero-order valence-electron chi connectivity index (χ0n) is 15.9. The van der Waals surface area contributed by atoms with Crippen molar-refractivity contribution < 1.29 is 14.3 Å². The van der Waals surface area contributed by atoms with Gasteiger partial charge in [0.2, 0.25) is 0 Å². The second-order valence-corrected chi connectivity index (χ2v) is 6.90. The van der Waals surface area contributed by atoms with Gasteiger partial charge in [-0.25, -0.2) is 0 Å². The summed E-state index contributed by atoms with van der Waals surface area (Å²) in [7, 11) is 0. The maximum Gasteiger partial charge on any atom is 0.268 e. The fourth-order valence-electron chi connectivity index (χ4n) is 2.80. The van der Waals surface area contributed by atoms with Gasteiger partial charge in [-0.3, -0.25) is 9.59 Å². The number of halogens is 1. The molecule has 0 aliphatic carbocycles. The van der Waals surface area contributed by atoms with E-state index < -0.39 is 11.8 Å². The van der Waals surface area contributed by atoms with Crippen LogP contribution in [-0.4, -0.2) is 24.5 Å². The maximum atomic E-state index is 12.6. The summed E-state index contributed by atoms with van der Waals surface area (Å²) in [6.45, 7) is 5.76. The Morgan fingerprint density at radius 2 is 1.90 bits per heavy atom. The molecule has 3 rings (SSSR count). The zero-order chi connectivity index (χ0) is 20.8. The molecule has 0 aromatic heterocycles. The molecule has 2 amide bonds. The van der Waals surface area contributed by atoms with Crippen molar-refractivity contribution in [1.82, 2.24) is 10.6 Å². The summed E-state index contributed by atoms with van der Waals surface area (Å²) in [5.41, 5.74) is 2.19. The van der Waals surface area contributed by atoms with Gasteiger partial charge in [-0.1, -0.05) is 35.9 Å². The van der Waals surface area contributed by atoms with Crippen molar-refractivity contribution in [3.8, 4) is 5.75 Å². The number of fused-ring (bicyclic) bond motifs is 1. The van der Waals surface area contributed by atoms with Crippen LogP contribution in [0.4, 0.5) is 0 Å². The van der Waals surface area contributed by atoms with Gasteiger partial charge in [-0.05, 0) is 55.0 Å². The molecule has 0 saturated heterocycles. The van der Waals surface area contributed by atoms with Gasteiger partial charge in [-0.15, -0.1) is 6.58 Å². The zero-order valence-corrected chi connectivity index (χ0v) is 16.7. The molecule has 1 aliphatic rings. The predicted molar refractivity (Wildman–Crippen MR) is 115 cm³/mol. The van der Waals surface area contributed by atoms with Gasteiger partial charge in [0, 0.05) is 22.7 Å². The molecule has 0 spiro atoms. The first-order valence-electron chi connectivity index (χ1n) is 9.13. The number of carbonyl (C=O) groups is 2. The lowest BCUT2D eigenvalue weighted by Gasteiger charge is -2.23. The van der Waals surface area contributed by atoms with Crippen molar-refractivity contribution in [2.24, 2.45) is 0 Å². The van der Waals surface area contributed by atoms with Crippen LogP contribution in [0.3, 0.4) is 0 Å². The molecule has 1 unspecified atom stereocenters. The second-order valence-electron chi connectivity index (χ2n) is 6.46. The highest BCUT2D eigenvalue weighted by molar-refractivity contribution is 6.30. The molecule has 0 bridgehead atoms. The van der Waals surface area contributed by atoms with E-state index in [1.807, 2.05) is 37.3 Å². The largest absolute Gasteiger partial charge is 0.485 e. The van der Waals surface area contributed by atoms with Crippen LogP contribution in [0.15, 0.2) is 78.5 Å². The van der Waals surface area contributed by atoms with Crippen molar-refractivity contribution in [3.05, 3.63) is 94.7 Å². The number of carbonyl (C=O) groups excluding carboxylic acids is 2. The van der Waals surface area contributed by atoms with Crippen molar-refractivity contribution in [1.29, 1.82) is 0 Å². The third-order valence-corrected chi connectivity index (χ3v) is 4.58. The van der Waals surface area contributed by atoms with E-state index in [0.29, 0.717) is 10.6 Å². The molecule has 2 aromatic rings. The van der Waals surface area contributed by atoms with E-state index in [9.17, 15) is 9.59 Å². The Hall–Kier alpha value is -3.31. The summed E-state index contributed by atoms with van der Waals surface area (Å²) in [5.74, 6) is -0.0498. The lowest BCUT2D eigenvalue weighted by molar-refractivity contribution is -0.117. The summed E-state index contributed by atoms with van der Waals surface area (Å²) in [4.78, 5) is 25.2. The molecule has 148 valence electrons. The quantitative estimate of drug-likeness (QED) is 0.558. The van der Waals surface area contributed by atoms with Crippen molar-refractivity contribution in [2.45, 2.75) is 13.0 Å². The van der Waals surface area contributed by atoms with Gasteiger partial charge in [0.1, 0.15) is 17.6 Å². The minimum atomic E-state index is -0.417. The third kappa shape index (κ3) is 5.15. The molecule has 0 fully saturated rings. The minimum Gasteiger partial charge on any atom is -0.485 e. The average molecular weight is 409 g/mol. The maximum absolute atomic E-state index is 12.6. The van der Waals surface area contributed by atoms with E-state index in [1.54, 1.807) is 36.4 Å². The predicted octanol–water partition coefficient (Wildman–Crippen LogP) is 4.12. The monoisotopic (exact) mass is 408 g/mol. The molecule has 2 N–H and O–H groups in total. The first-order chi connectivity index (χ1) is 14.0.